The van der Waals surface area contributed by atoms with Gasteiger partial charge in [-0.1, -0.05) is 130 Å². The average Bonchev–Trinajstić information content (AvgIpc) is 3.40. The van der Waals surface area contributed by atoms with Gasteiger partial charge in [-0.15, -0.1) is 0 Å². The normalized spacial score (nSPS) is 32.6. The largest absolute Gasteiger partial charge is 0.458 e. The lowest BCUT2D eigenvalue weighted by molar-refractivity contribution is -0.150. The van der Waals surface area contributed by atoms with Crippen LogP contribution in [0.3, 0.4) is 0 Å². The van der Waals surface area contributed by atoms with Gasteiger partial charge in [-0.2, -0.15) is 0 Å². The van der Waals surface area contributed by atoms with Gasteiger partial charge in [-0.3, -0.25) is 4.79 Å². The molecule has 270 valence electrons. The number of esters is 1. The molecule has 4 rings (SSSR count). The van der Waals surface area contributed by atoms with Crippen LogP contribution in [0.4, 0.5) is 0 Å². The highest BCUT2D eigenvalue weighted by atomic mass is 16.5. The molecule has 0 aromatic rings. The summed E-state index contributed by atoms with van der Waals surface area (Å²) in [6.45, 7) is 14.9. The van der Waals surface area contributed by atoms with E-state index in [4.69, 9.17) is 4.74 Å². The molecule has 0 radical (unpaired) electrons. The molecule has 0 heterocycles. The first-order valence-electron chi connectivity index (χ1n) is 21.3. The fraction of sp³-hybridized carbons (Fsp3) is 0.889. The quantitative estimate of drug-likeness (QED) is 0.0702. The van der Waals surface area contributed by atoms with Crippen LogP contribution in [0.5, 0.6) is 0 Å². The predicted octanol–water partition coefficient (Wildman–Crippen LogP) is 14.0. The molecule has 0 N–H and O–H groups in total. The summed E-state index contributed by atoms with van der Waals surface area (Å²) in [5.41, 5.74) is 2.28. The van der Waals surface area contributed by atoms with Crippen molar-refractivity contribution in [2.45, 2.75) is 208 Å². The van der Waals surface area contributed by atoms with Crippen LogP contribution in [0.15, 0.2) is 23.8 Å². The molecule has 8 atom stereocenters. The molecule has 2 heteroatoms. The van der Waals surface area contributed by atoms with E-state index in [1.165, 1.54) is 140 Å². The second-order valence-corrected chi connectivity index (χ2v) is 17.9. The van der Waals surface area contributed by atoms with Crippen molar-refractivity contribution < 1.29 is 9.53 Å². The third-order valence-electron chi connectivity index (χ3n) is 14.2. The van der Waals surface area contributed by atoms with Crippen molar-refractivity contribution in [2.24, 2.45) is 46.3 Å². The van der Waals surface area contributed by atoms with E-state index in [0.717, 1.165) is 54.8 Å². The summed E-state index contributed by atoms with van der Waals surface area (Å²) in [7, 11) is 0. The van der Waals surface area contributed by atoms with Crippen molar-refractivity contribution >= 4 is 5.97 Å². The van der Waals surface area contributed by atoms with Crippen molar-refractivity contribution in [1.82, 2.24) is 0 Å². The number of fused-ring (bicyclic) bond motifs is 5. The van der Waals surface area contributed by atoms with Gasteiger partial charge in [-0.05, 0) is 135 Å². The van der Waals surface area contributed by atoms with E-state index >= 15 is 0 Å². The number of hydrogen-bond acceptors (Lipinski definition) is 2. The number of unbranched alkanes of at least 4 members (excludes halogenated alkanes) is 11. The lowest BCUT2D eigenvalue weighted by atomic mass is 9.46. The maximum absolute atomic E-state index is 13.1. The van der Waals surface area contributed by atoms with Crippen LogP contribution in [-0.4, -0.2) is 12.1 Å². The zero-order valence-corrected chi connectivity index (χ0v) is 32.3. The lowest BCUT2D eigenvalue weighted by Crippen LogP contribution is -2.52. The summed E-state index contributed by atoms with van der Waals surface area (Å²) >= 11 is 0. The second kappa shape index (κ2) is 19.4. The summed E-state index contributed by atoms with van der Waals surface area (Å²) in [5, 5.41) is 0. The van der Waals surface area contributed by atoms with E-state index in [1.54, 1.807) is 0 Å². The van der Waals surface area contributed by atoms with Gasteiger partial charge in [0, 0.05) is 6.42 Å². The third-order valence-corrected chi connectivity index (χ3v) is 14.2. The summed E-state index contributed by atoms with van der Waals surface area (Å²) in [6, 6.07) is 0. The van der Waals surface area contributed by atoms with Gasteiger partial charge in [0.2, 0.25) is 0 Å². The maximum Gasteiger partial charge on any atom is 0.306 e. The zero-order valence-electron chi connectivity index (χ0n) is 32.3. The minimum absolute atomic E-state index is 0.0379. The van der Waals surface area contributed by atoms with Gasteiger partial charge in [-0.25, -0.2) is 0 Å². The van der Waals surface area contributed by atoms with Gasteiger partial charge in [0.25, 0.3) is 0 Å². The smallest absolute Gasteiger partial charge is 0.306 e. The SMILES string of the molecule is CCCCCCCCC=CCCCCCCCC(=O)OC1CCC[C@@]2(C)C1=CCC1C2CC[C@@]2(C)C1CC[C@@H]2[C@H](C)CCCC(C)C. The molecular formula is C45H78O2. The first-order valence-corrected chi connectivity index (χ1v) is 21.3. The zero-order chi connectivity index (χ0) is 33.7. The number of allylic oxidation sites excluding steroid dienone is 3. The Hall–Kier alpha value is -1.05. The maximum atomic E-state index is 13.1. The summed E-state index contributed by atoms with van der Waals surface area (Å²) in [6.07, 6.45) is 39.4. The molecule has 0 bridgehead atoms. The Labute approximate surface area is 293 Å². The van der Waals surface area contributed by atoms with E-state index < -0.39 is 0 Å². The van der Waals surface area contributed by atoms with Crippen molar-refractivity contribution in [1.29, 1.82) is 0 Å². The van der Waals surface area contributed by atoms with Crippen molar-refractivity contribution in [3.63, 3.8) is 0 Å². The fourth-order valence-corrected chi connectivity index (χ4v) is 11.5. The van der Waals surface area contributed by atoms with Gasteiger partial charge in [0.1, 0.15) is 6.10 Å². The molecule has 0 aromatic carbocycles. The summed E-state index contributed by atoms with van der Waals surface area (Å²) in [5.74, 6) is 5.17. The van der Waals surface area contributed by atoms with Crippen LogP contribution >= 0.6 is 0 Å². The topological polar surface area (TPSA) is 26.3 Å². The Kier molecular flexibility index (Phi) is 16.0. The molecule has 4 unspecified atom stereocenters. The monoisotopic (exact) mass is 651 g/mol. The third kappa shape index (κ3) is 10.5. The van der Waals surface area contributed by atoms with Crippen LogP contribution in [0.1, 0.15) is 202 Å². The Morgan fingerprint density at radius 1 is 0.809 bits per heavy atom. The van der Waals surface area contributed by atoms with E-state index in [1.807, 2.05) is 0 Å². The van der Waals surface area contributed by atoms with Crippen LogP contribution in [-0.2, 0) is 9.53 Å². The molecule has 2 nitrogen and oxygen atoms in total. The molecule has 3 saturated carbocycles. The molecule has 0 aromatic heterocycles. The highest BCUT2D eigenvalue weighted by molar-refractivity contribution is 5.70. The molecule has 0 spiro atoms. The van der Waals surface area contributed by atoms with Gasteiger partial charge < -0.3 is 4.74 Å². The molecular weight excluding hydrogens is 572 g/mol. The van der Waals surface area contributed by atoms with Gasteiger partial charge in [0.15, 0.2) is 0 Å². The molecule has 0 aliphatic heterocycles. The summed E-state index contributed by atoms with van der Waals surface area (Å²) in [4.78, 5) is 13.1. The Bertz CT molecular complexity index is 976. The minimum Gasteiger partial charge on any atom is -0.458 e. The van der Waals surface area contributed by atoms with Crippen molar-refractivity contribution in [3.05, 3.63) is 23.8 Å². The van der Waals surface area contributed by atoms with E-state index in [-0.39, 0.29) is 17.5 Å². The lowest BCUT2D eigenvalue weighted by Gasteiger charge is -2.58. The highest BCUT2D eigenvalue weighted by Crippen LogP contribution is 2.67. The Morgan fingerprint density at radius 3 is 2.19 bits per heavy atom. The fourth-order valence-electron chi connectivity index (χ4n) is 11.5. The molecule has 0 amide bonds. The standard InChI is InChI=1S/C45H78O2/c1-7-8-9-10-11-12-13-14-15-16-17-18-19-20-21-27-43(46)47-42-26-23-33-44(5)40-32-34-45(6)38(36(4)25-22-24-35(2)3)30-31-39(45)37(40)28-29-41(42)44/h14-15,29,35-40,42H,7-13,16-28,30-34H2,1-6H3/t36-,37?,38-,39?,40?,42?,44-,45-/m1/s1. The number of hydrogen-bond donors (Lipinski definition) is 0. The minimum atomic E-state index is 0.0379. The number of carbonyl (C=O) groups is 1. The van der Waals surface area contributed by atoms with Gasteiger partial charge in [0.05, 0.1) is 0 Å². The van der Waals surface area contributed by atoms with Crippen molar-refractivity contribution in [2.75, 3.05) is 0 Å². The van der Waals surface area contributed by atoms with Crippen LogP contribution < -0.4 is 0 Å². The Balaban J connectivity index is 1.16. The average molecular weight is 651 g/mol. The van der Waals surface area contributed by atoms with E-state index in [9.17, 15) is 4.79 Å². The van der Waals surface area contributed by atoms with E-state index in [0.29, 0.717) is 11.8 Å². The van der Waals surface area contributed by atoms with Crippen LogP contribution in [0.25, 0.3) is 0 Å². The van der Waals surface area contributed by atoms with Crippen LogP contribution in [0.2, 0.25) is 0 Å². The number of ether oxygens (including phenoxy) is 1. The molecule has 4 aliphatic carbocycles. The molecule has 3 fully saturated rings. The Morgan fingerprint density at radius 2 is 1.49 bits per heavy atom. The predicted molar refractivity (Wildman–Crippen MR) is 202 cm³/mol. The van der Waals surface area contributed by atoms with Crippen LogP contribution in [0, 0.1) is 46.3 Å². The van der Waals surface area contributed by atoms with E-state index in [2.05, 4.69) is 59.8 Å². The number of rotatable bonds is 21. The van der Waals surface area contributed by atoms with Gasteiger partial charge >= 0.3 is 5.97 Å². The first-order chi connectivity index (χ1) is 22.7. The second-order valence-electron chi connectivity index (χ2n) is 17.9. The highest BCUT2D eigenvalue weighted by Gasteiger charge is 2.59. The number of carbonyl (C=O) groups excluding carboxylic acids is 1. The van der Waals surface area contributed by atoms with Crippen molar-refractivity contribution in [3.8, 4) is 0 Å². The first kappa shape index (κ1) is 38.7. The summed E-state index contributed by atoms with van der Waals surface area (Å²) < 4.78 is 6.32. The molecule has 47 heavy (non-hydrogen) atoms. The molecule has 4 aliphatic rings. The molecule has 0 saturated heterocycles.